The van der Waals surface area contributed by atoms with Crippen LogP contribution in [-0.2, 0) is 6.42 Å². The maximum atomic E-state index is 10.2. The van der Waals surface area contributed by atoms with Crippen LogP contribution in [0.1, 0.15) is 43.7 Å². The van der Waals surface area contributed by atoms with E-state index in [1.165, 1.54) is 0 Å². The molecule has 0 fully saturated rings. The largest absolute Gasteiger partial charge is 0.388 e. The molecule has 0 spiro atoms. The Bertz CT molecular complexity index is 522. The predicted octanol–water partition coefficient (Wildman–Crippen LogP) is 3.89. The van der Waals surface area contributed by atoms with Gasteiger partial charge >= 0.3 is 0 Å². The van der Waals surface area contributed by atoms with Crippen LogP contribution >= 0.6 is 15.9 Å². The number of halogens is 1. The number of nitrogens with zero attached hydrogens (tertiary/aromatic N) is 2. The van der Waals surface area contributed by atoms with Crippen LogP contribution in [0.5, 0.6) is 0 Å². The van der Waals surface area contributed by atoms with Gasteiger partial charge in [-0.05, 0) is 48.2 Å². The van der Waals surface area contributed by atoms with Gasteiger partial charge in [0.05, 0.1) is 22.5 Å². The second-order valence-corrected chi connectivity index (χ2v) is 5.80. The van der Waals surface area contributed by atoms with Crippen molar-refractivity contribution in [2.24, 2.45) is 0 Å². The van der Waals surface area contributed by atoms with E-state index in [2.05, 4.69) is 34.9 Å². The van der Waals surface area contributed by atoms with E-state index in [0.717, 1.165) is 22.2 Å². The second-order valence-electron chi connectivity index (χ2n) is 4.94. The lowest BCUT2D eigenvalue weighted by Crippen LogP contribution is -2.09. The molecule has 1 atom stereocenters. The molecule has 1 aromatic carbocycles. The van der Waals surface area contributed by atoms with E-state index in [4.69, 9.17) is 0 Å². The molecule has 0 amide bonds. The molecule has 0 aliphatic carbocycles. The van der Waals surface area contributed by atoms with Gasteiger partial charge in [-0.2, -0.15) is 5.10 Å². The highest BCUT2D eigenvalue weighted by Gasteiger charge is 2.14. The summed E-state index contributed by atoms with van der Waals surface area (Å²) in [5.41, 5.74) is 2.11. The van der Waals surface area contributed by atoms with Gasteiger partial charge in [-0.1, -0.05) is 30.3 Å². The van der Waals surface area contributed by atoms with Crippen molar-refractivity contribution in [1.82, 2.24) is 9.78 Å². The first-order valence-electron chi connectivity index (χ1n) is 6.54. The Balaban J connectivity index is 2.05. The lowest BCUT2D eigenvalue weighted by molar-refractivity contribution is 0.166. The van der Waals surface area contributed by atoms with E-state index >= 15 is 0 Å². The van der Waals surface area contributed by atoms with Crippen molar-refractivity contribution < 1.29 is 5.11 Å². The van der Waals surface area contributed by atoms with Crippen molar-refractivity contribution in [2.75, 3.05) is 0 Å². The molecule has 2 rings (SSSR count). The van der Waals surface area contributed by atoms with Gasteiger partial charge in [0, 0.05) is 6.04 Å². The number of rotatable bonds is 5. The third-order valence-corrected chi connectivity index (χ3v) is 3.84. The summed E-state index contributed by atoms with van der Waals surface area (Å²) < 4.78 is 3.02. The van der Waals surface area contributed by atoms with Crippen molar-refractivity contribution >= 4 is 15.9 Å². The molecule has 0 bridgehead atoms. The predicted molar refractivity (Wildman–Crippen MR) is 80.0 cm³/mol. The zero-order valence-electron chi connectivity index (χ0n) is 11.3. The highest BCUT2D eigenvalue weighted by atomic mass is 79.9. The molecule has 0 radical (unpaired) electrons. The molecule has 0 aliphatic heterocycles. The molecule has 19 heavy (non-hydrogen) atoms. The van der Waals surface area contributed by atoms with Crippen molar-refractivity contribution in [3.05, 3.63) is 52.3 Å². The van der Waals surface area contributed by atoms with E-state index in [1.807, 2.05) is 41.2 Å². The first-order valence-corrected chi connectivity index (χ1v) is 7.33. The van der Waals surface area contributed by atoms with E-state index in [9.17, 15) is 5.11 Å². The fourth-order valence-electron chi connectivity index (χ4n) is 2.16. The standard InChI is InChI=1S/C15H19BrN2O/c1-11(2)18-14(13(16)10-17-18)8-9-15(19)12-6-4-3-5-7-12/h3-7,10-11,15,19H,8-9H2,1-2H3. The number of aliphatic hydroxyl groups excluding tert-OH is 1. The molecular formula is C15H19BrN2O. The van der Waals surface area contributed by atoms with Crippen LogP contribution in [0.15, 0.2) is 41.0 Å². The fraction of sp³-hybridized carbons (Fsp3) is 0.400. The molecule has 1 N–H and O–H groups in total. The van der Waals surface area contributed by atoms with Gasteiger partial charge in [0.2, 0.25) is 0 Å². The van der Waals surface area contributed by atoms with Gasteiger partial charge in [0.15, 0.2) is 0 Å². The first kappa shape index (κ1) is 14.3. The van der Waals surface area contributed by atoms with Crippen LogP contribution in [0.2, 0.25) is 0 Å². The minimum atomic E-state index is -0.427. The Morgan fingerprint density at radius 1 is 1.26 bits per heavy atom. The van der Waals surface area contributed by atoms with Crippen LogP contribution in [0, 0.1) is 0 Å². The number of hydrogen-bond donors (Lipinski definition) is 1. The van der Waals surface area contributed by atoms with Crippen molar-refractivity contribution in [3.63, 3.8) is 0 Å². The zero-order valence-corrected chi connectivity index (χ0v) is 12.8. The average molecular weight is 323 g/mol. The van der Waals surface area contributed by atoms with E-state index in [0.29, 0.717) is 12.5 Å². The highest BCUT2D eigenvalue weighted by molar-refractivity contribution is 9.10. The molecule has 0 saturated heterocycles. The van der Waals surface area contributed by atoms with Crippen molar-refractivity contribution in [3.8, 4) is 0 Å². The van der Waals surface area contributed by atoms with Crippen molar-refractivity contribution in [1.29, 1.82) is 0 Å². The minimum Gasteiger partial charge on any atom is -0.388 e. The summed E-state index contributed by atoms with van der Waals surface area (Å²) in [4.78, 5) is 0. The van der Waals surface area contributed by atoms with Gasteiger partial charge in [0.1, 0.15) is 0 Å². The topological polar surface area (TPSA) is 38.0 Å². The average Bonchev–Trinajstić information content (AvgIpc) is 2.78. The highest BCUT2D eigenvalue weighted by Crippen LogP contribution is 2.24. The molecule has 1 unspecified atom stereocenters. The molecule has 0 aliphatic rings. The molecule has 1 aromatic heterocycles. The van der Waals surface area contributed by atoms with Gasteiger partial charge in [-0.15, -0.1) is 0 Å². The number of aromatic nitrogens is 2. The van der Waals surface area contributed by atoms with Gasteiger partial charge in [-0.25, -0.2) is 0 Å². The van der Waals surface area contributed by atoms with Crippen LogP contribution in [0.3, 0.4) is 0 Å². The summed E-state index contributed by atoms with van der Waals surface area (Å²) in [6.07, 6.45) is 2.89. The van der Waals surface area contributed by atoms with E-state index in [1.54, 1.807) is 0 Å². The lowest BCUT2D eigenvalue weighted by Gasteiger charge is -2.14. The Morgan fingerprint density at radius 2 is 1.95 bits per heavy atom. The summed E-state index contributed by atoms with van der Waals surface area (Å²) in [5.74, 6) is 0. The summed E-state index contributed by atoms with van der Waals surface area (Å²) in [5, 5.41) is 14.5. The van der Waals surface area contributed by atoms with Gasteiger partial charge in [-0.3, -0.25) is 4.68 Å². The van der Waals surface area contributed by atoms with E-state index < -0.39 is 6.10 Å². The first-order chi connectivity index (χ1) is 9.09. The molecule has 1 heterocycles. The van der Waals surface area contributed by atoms with Crippen LogP contribution in [0.25, 0.3) is 0 Å². The number of aliphatic hydroxyl groups is 1. The summed E-state index contributed by atoms with van der Waals surface area (Å²) >= 11 is 3.53. The summed E-state index contributed by atoms with van der Waals surface area (Å²) in [7, 11) is 0. The van der Waals surface area contributed by atoms with E-state index in [-0.39, 0.29) is 0 Å². The Kier molecular flexibility index (Phi) is 4.77. The third-order valence-electron chi connectivity index (χ3n) is 3.18. The third kappa shape index (κ3) is 3.45. The normalized spacial score (nSPS) is 12.9. The summed E-state index contributed by atoms with van der Waals surface area (Å²) in [6, 6.07) is 10.1. The Labute approximate surface area is 122 Å². The molecular weight excluding hydrogens is 304 g/mol. The van der Waals surface area contributed by atoms with Crippen LogP contribution in [0.4, 0.5) is 0 Å². The number of benzene rings is 1. The SMILES string of the molecule is CC(C)n1ncc(Br)c1CCC(O)c1ccccc1. The summed E-state index contributed by atoms with van der Waals surface area (Å²) in [6.45, 7) is 4.22. The molecule has 3 nitrogen and oxygen atoms in total. The molecule has 2 aromatic rings. The Morgan fingerprint density at radius 3 is 2.58 bits per heavy atom. The number of hydrogen-bond acceptors (Lipinski definition) is 2. The van der Waals surface area contributed by atoms with Crippen LogP contribution in [-0.4, -0.2) is 14.9 Å². The minimum absolute atomic E-state index is 0.329. The zero-order chi connectivity index (χ0) is 13.8. The smallest absolute Gasteiger partial charge is 0.0793 e. The second kappa shape index (κ2) is 6.35. The fourth-order valence-corrected chi connectivity index (χ4v) is 2.63. The molecule has 0 saturated carbocycles. The van der Waals surface area contributed by atoms with Gasteiger partial charge in [0.25, 0.3) is 0 Å². The molecule has 4 heteroatoms. The van der Waals surface area contributed by atoms with Gasteiger partial charge < -0.3 is 5.11 Å². The monoisotopic (exact) mass is 322 g/mol. The van der Waals surface area contributed by atoms with Crippen molar-refractivity contribution in [2.45, 2.75) is 38.8 Å². The maximum Gasteiger partial charge on any atom is 0.0793 e. The van der Waals surface area contributed by atoms with Crippen LogP contribution < -0.4 is 0 Å². The maximum absolute atomic E-state index is 10.2. The quantitative estimate of drug-likeness (QED) is 0.906. The lowest BCUT2D eigenvalue weighted by atomic mass is 10.0. The Hall–Kier alpha value is -1.13. The molecule has 102 valence electrons.